The average molecular weight is 181 g/mol. The van der Waals surface area contributed by atoms with Crippen molar-refractivity contribution in [3.8, 4) is 17.0 Å². The first kappa shape index (κ1) is 7.62. The van der Waals surface area contributed by atoms with E-state index in [4.69, 9.17) is 4.65 Å². The maximum absolute atomic E-state index is 5.49. The quantitative estimate of drug-likeness (QED) is 0.560. The van der Waals surface area contributed by atoms with Crippen LogP contribution < -0.4 is 9.13 Å². The molecule has 3 rings (SSSR count). The summed E-state index contributed by atoms with van der Waals surface area (Å²) in [6, 6.07) is 14.1. The fraction of sp³-hybridized carbons (Fsp3) is 0. The third-order valence-electron chi connectivity index (χ3n) is 2.35. The summed E-state index contributed by atoms with van der Waals surface area (Å²) >= 11 is 0. The van der Waals surface area contributed by atoms with Crippen LogP contribution in [0.4, 0.5) is 0 Å². The molecule has 2 nitrogen and oxygen atoms in total. The Balaban J connectivity index is 2.29. The standard InChI is InChI=1S/C11H8BNO/c1-2-7-11-9(5-1)10-6-3-4-8-13(10)12-14-11/h1-8H/q+1. The molecule has 1 radical (unpaired) electrons. The van der Waals surface area contributed by atoms with Gasteiger partial charge in [0.2, 0.25) is 0 Å². The predicted molar refractivity (Wildman–Crippen MR) is 53.9 cm³/mol. The van der Waals surface area contributed by atoms with Gasteiger partial charge in [-0.3, -0.25) is 0 Å². The summed E-state index contributed by atoms with van der Waals surface area (Å²) in [5, 5.41) is 0. The van der Waals surface area contributed by atoms with E-state index in [9.17, 15) is 0 Å². The normalized spacial score (nSPS) is 12.0. The molecule has 0 N–H and O–H groups in total. The van der Waals surface area contributed by atoms with E-state index in [0.717, 1.165) is 17.0 Å². The summed E-state index contributed by atoms with van der Waals surface area (Å²) in [4.78, 5) is 0. The van der Waals surface area contributed by atoms with Crippen LogP contribution >= 0.6 is 0 Å². The van der Waals surface area contributed by atoms with Gasteiger partial charge in [-0.2, -0.15) is 0 Å². The number of aromatic nitrogens is 1. The van der Waals surface area contributed by atoms with Gasteiger partial charge in [-0.25, -0.2) is 4.48 Å². The zero-order chi connectivity index (χ0) is 9.38. The Labute approximate surface area is 83.1 Å². The van der Waals surface area contributed by atoms with Gasteiger partial charge in [0.15, 0.2) is 5.69 Å². The number of rotatable bonds is 0. The van der Waals surface area contributed by atoms with Crippen molar-refractivity contribution in [1.82, 2.24) is 0 Å². The molecule has 14 heavy (non-hydrogen) atoms. The van der Waals surface area contributed by atoms with Gasteiger partial charge in [0.25, 0.3) is 0 Å². The number of benzene rings is 1. The first-order chi connectivity index (χ1) is 6.95. The third kappa shape index (κ3) is 1.02. The van der Waals surface area contributed by atoms with Crippen LogP contribution in [0.3, 0.4) is 0 Å². The van der Waals surface area contributed by atoms with Crippen LogP contribution in [0.1, 0.15) is 0 Å². The van der Waals surface area contributed by atoms with E-state index in [1.165, 1.54) is 0 Å². The van der Waals surface area contributed by atoms with Gasteiger partial charge in [0.05, 0.1) is 5.56 Å². The molecule has 1 aromatic carbocycles. The maximum atomic E-state index is 5.49. The molecule has 0 unspecified atom stereocenters. The second-order valence-corrected chi connectivity index (χ2v) is 3.21. The number of nitrogens with zero attached hydrogens (tertiary/aromatic N) is 1. The van der Waals surface area contributed by atoms with Crippen LogP contribution in [0.15, 0.2) is 48.7 Å². The minimum atomic E-state index is 0.915. The van der Waals surface area contributed by atoms with Crippen molar-refractivity contribution in [2.45, 2.75) is 0 Å². The van der Waals surface area contributed by atoms with Crippen LogP contribution in [0, 0.1) is 0 Å². The zero-order valence-electron chi connectivity index (χ0n) is 7.55. The summed E-state index contributed by atoms with van der Waals surface area (Å²) in [6.07, 6.45) is 1.98. The Morgan fingerprint density at radius 3 is 2.86 bits per heavy atom. The minimum absolute atomic E-state index is 0.915. The number of pyridine rings is 1. The first-order valence-corrected chi connectivity index (χ1v) is 4.55. The SMILES string of the molecule is [B]1Oc2ccccc2-c2cccc[n+]21. The topological polar surface area (TPSA) is 13.1 Å². The molecule has 0 spiro atoms. The van der Waals surface area contributed by atoms with Crippen LogP contribution in [0.25, 0.3) is 11.3 Å². The molecule has 0 fully saturated rings. The molecule has 1 aromatic heterocycles. The van der Waals surface area contributed by atoms with E-state index < -0.39 is 0 Å². The molecule has 2 heterocycles. The zero-order valence-corrected chi connectivity index (χ0v) is 7.55. The second-order valence-electron chi connectivity index (χ2n) is 3.21. The second kappa shape index (κ2) is 2.87. The van der Waals surface area contributed by atoms with Gasteiger partial charge in [0.1, 0.15) is 11.9 Å². The molecule has 0 saturated carbocycles. The Bertz CT molecular complexity index is 439. The molecule has 2 aromatic rings. The molecular formula is C11H8BNO+. The van der Waals surface area contributed by atoms with Gasteiger partial charge in [-0.1, -0.05) is 12.1 Å². The van der Waals surface area contributed by atoms with Crippen molar-refractivity contribution in [2.75, 3.05) is 0 Å². The molecule has 1 aliphatic heterocycles. The monoisotopic (exact) mass is 181 g/mol. The van der Waals surface area contributed by atoms with Gasteiger partial charge >= 0.3 is 7.62 Å². The summed E-state index contributed by atoms with van der Waals surface area (Å²) in [7, 11) is 1.72. The van der Waals surface area contributed by atoms with Crippen molar-refractivity contribution in [3.63, 3.8) is 0 Å². The van der Waals surface area contributed by atoms with E-state index in [2.05, 4.69) is 12.1 Å². The van der Waals surface area contributed by atoms with Gasteiger partial charge in [-0.15, -0.1) is 0 Å². The van der Waals surface area contributed by atoms with E-state index >= 15 is 0 Å². The van der Waals surface area contributed by atoms with Crippen molar-refractivity contribution >= 4 is 7.62 Å². The van der Waals surface area contributed by atoms with Crippen LogP contribution in [-0.2, 0) is 0 Å². The largest absolute Gasteiger partial charge is 0.831 e. The smallest absolute Gasteiger partial charge is 0.498 e. The number of fused-ring (bicyclic) bond motifs is 3. The Morgan fingerprint density at radius 1 is 1.00 bits per heavy atom. The lowest BCUT2D eigenvalue weighted by Gasteiger charge is -2.12. The highest BCUT2D eigenvalue weighted by Crippen LogP contribution is 2.28. The maximum Gasteiger partial charge on any atom is 0.831 e. The third-order valence-corrected chi connectivity index (χ3v) is 2.35. The van der Waals surface area contributed by atoms with E-state index in [1.54, 1.807) is 7.62 Å². The van der Waals surface area contributed by atoms with Crippen molar-refractivity contribution < 1.29 is 9.13 Å². The first-order valence-electron chi connectivity index (χ1n) is 4.55. The van der Waals surface area contributed by atoms with Gasteiger partial charge in [0, 0.05) is 6.07 Å². The molecule has 65 valence electrons. The number of para-hydroxylation sites is 1. The fourth-order valence-electron chi connectivity index (χ4n) is 1.67. The van der Waals surface area contributed by atoms with Crippen LogP contribution in [0.5, 0.6) is 5.75 Å². The Hall–Kier alpha value is -1.77. The van der Waals surface area contributed by atoms with Crippen LogP contribution in [-0.4, -0.2) is 7.62 Å². The average Bonchev–Trinajstić information content (AvgIpc) is 2.29. The summed E-state index contributed by atoms with van der Waals surface area (Å²) < 4.78 is 7.46. The van der Waals surface area contributed by atoms with E-state index in [1.807, 2.05) is 41.0 Å². The van der Waals surface area contributed by atoms with Gasteiger partial charge in [-0.05, 0) is 24.3 Å². The molecule has 0 amide bonds. The molecule has 1 aliphatic rings. The van der Waals surface area contributed by atoms with Crippen LogP contribution in [0.2, 0.25) is 0 Å². The molecule has 0 bridgehead atoms. The highest BCUT2D eigenvalue weighted by Gasteiger charge is 2.27. The highest BCUT2D eigenvalue weighted by molar-refractivity contribution is 6.18. The van der Waals surface area contributed by atoms with Gasteiger partial charge < -0.3 is 4.65 Å². The lowest BCUT2D eigenvalue weighted by atomic mass is 10.0. The summed E-state index contributed by atoms with van der Waals surface area (Å²) in [5.41, 5.74) is 2.30. The molecular weight excluding hydrogens is 173 g/mol. The lowest BCUT2D eigenvalue weighted by molar-refractivity contribution is -0.528. The van der Waals surface area contributed by atoms with Crippen molar-refractivity contribution in [1.29, 1.82) is 0 Å². The minimum Gasteiger partial charge on any atom is -0.498 e. The molecule has 3 heteroatoms. The van der Waals surface area contributed by atoms with E-state index in [0.29, 0.717) is 0 Å². The van der Waals surface area contributed by atoms with E-state index in [-0.39, 0.29) is 0 Å². The number of hydrogen-bond acceptors (Lipinski definition) is 1. The lowest BCUT2D eigenvalue weighted by Crippen LogP contribution is -2.47. The van der Waals surface area contributed by atoms with Crippen molar-refractivity contribution in [2.24, 2.45) is 0 Å². The highest BCUT2D eigenvalue weighted by atomic mass is 16.4. The number of hydrogen-bond donors (Lipinski definition) is 0. The van der Waals surface area contributed by atoms with Crippen molar-refractivity contribution in [3.05, 3.63) is 48.7 Å². The Kier molecular flexibility index (Phi) is 1.56. The molecule has 0 aliphatic carbocycles. The molecule has 0 atom stereocenters. The predicted octanol–water partition coefficient (Wildman–Crippen LogP) is 1.42. The summed E-state index contributed by atoms with van der Waals surface area (Å²) in [6.45, 7) is 0. The Morgan fingerprint density at radius 2 is 1.86 bits per heavy atom. The summed E-state index contributed by atoms with van der Waals surface area (Å²) in [5.74, 6) is 0.915. The molecule has 0 saturated heterocycles. The fourth-order valence-corrected chi connectivity index (χ4v) is 1.67.